The van der Waals surface area contributed by atoms with Crippen LogP contribution < -0.4 is 10.9 Å². The lowest BCUT2D eigenvalue weighted by Gasteiger charge is -2.34. The van der Waals surface area contributed by atoms with E-state index in [1.165, 1.54) is 19.1 Å². The van der Waals surface area contributed by atoms with Crippen molar-refractivity contribution < 1.29 is 40.3 Å². The van der Waals surface area contributed by atoms with Crippen LogP contribution in [0.25, 0.3) is 11.4 Å². The molecular formula is C26H22F7N3O3. The Bertz CT molecular complexity index is 1410. The zero-order valence-corrected chi connectivity index (χ0v) is 20.3. The smallest absolute Gasteiger partial charge is 0.373 e. The van der Waals surface area contributed by atoms with E-state index in [1.54, 1.807) is 0 Å². The van der Waals surface area contributed by atoms with Crippen LogP contribution in [-0.2, 0) is 35.0 Å². The van der Waals surface area contributed by atoms with Crippen LogP contribution in [-0.4, -0.2) is 22.0 Å². The number of benzene rings is 2. The van der Waals surface area contributed by atoms with E-state index in [4.69, 9.17) is 4.74 Å². The molecule has 13 heteroatoms. The lowest BCUT2D eigenvalue weighted by Crippen LogP contribution is -2.42. The predicted molar refractivity (Wildman–Crippen MR) is 125 cm³/mol. The fourth-order valence-electron chi connectivity index (χ4n) is 4.17. The third-order valence-electron chi connectivity index (χ3n) is 6.32. The largest absolute Gasteiger partial charge is 0.417 e. The molecule has 1 heterocycles. The molecule has 0 atom stereocenters. The Labute approximate surface area is 217 Å². The van der Waals surface area contributed by atoms with Crippen molar-refractivity contribution in [1.29, 1.82) is 0 Å². The van der Waals surface area contributed by atoms with E-state index in [-0.39, 0.29) is 24.0 Å². The number of ether oxygens (including phenoxy) is 1. The third-order valence-corrected chi connectivity index (χ3v) is 6.32. The summed E-state index contributed by atoms with van der Waals surface area (Å²) in [5.41, 5.74) is -3.36. The number of nitrogens with zero attached hydrogens (tertiary/aromatic N) is 1. The van der Waals surface area contributed by atoms with E-state index >= 15 is 4.39 Å². The maximum Gasteiger partial charge on any atom is 0.417 e. The molecule has 1 amide bonds. The number of rotatable bonds is 7. The van der Waals surface area contributed by atoms with Crippen molar-refractivity contribution in [2.45, 2.75) is 51.4 Å². The van der Waals surface area contributed by atoms with E-state index in [2.05, 4.69) is 15.3 Å². The van der Waals surface area contributed by atoms with E-state index in [0.717, 1.165) is 24.3 Å². The first-order valence-corrected chi connectivity index (χ1v) is 11.7. The standard InChI is InChI=1S/C26H22F7N3O3/c1-13-8-20(37)36-23(35-13)21-19(26(31,32)33)7-4-15(22(21)27)11-34-24(38)16-9-18(10-16)39-12-14-2-5-17(6-3-14)25(28,29)30/h2-8,16,18H,9-12H2,1H3,(H,34,38)(H,35,36,37). The van der Waals surface area contributed by atoms with Gasteiger partial charge in [0.15, 0.2) is 0 Å². The molecule has 1 fully saturated rings. The molecule has 3 aromatic rings. The van der Waals surface area contributed by atoms with Crippen LogP contribution in [0.3, 0.4) is 0 Å². The number of H-pyrrole nitrogens is 1. The van der Waals surface area contributed by atoms with Gasteiger partial charge in [0.05, 0.1) is 29.4 Å². The van der Waals surface area contributed by atoms with Crippen molar-refractivity contribution in [3.05, 3.63) is 86.6 Å². The first-order valence-electron chi connectivity index (χ1n) is 11.7. The van der Waals surface area contributed by atoms with Gasteiger partial charge in [0.1, 0.15) is 11.6 Å². The van der Waals surface area contributed by atoms with Crippen molar-refractivity contribution in [3.8, 4) is 11.4 Å². The molecule has 0 spiro atoms. The summed E-state index contributed by atoms with van der Waals surface area (Å²) in [6, 6.07) is 7.14. The number of hydrogen-bond acceptors (Lipinski definition) is 4. The highest BCUT2D eigenvalue weighted by molar-refractivity contribution is 5.79. The number of carbonyl (C=O) groups excluding carboxylic acids is 1. The average molecular weight is 557 g/mol. The Morgan fingerprint density at radius 1 is 1.05 bits per heavy atom. The SMILES string of the molecule is Cc1cc(=O)[nH]c(-c2c(C(F)(F)F)ccc(CNC(=O)C3CC(OCc4ccc(C(F)(F)F)cc4)C3)c2F)n1. The number of amides is 1. The van der Waals surface area contributed by atoms with Gasteiger partial charge in [0, 0.05) is 29.8 Å². The number of aryl methyl sites for hydroxylation is 1. The van der Waals surface area contributed by atoms with Gasteiger partial charge < -0.3 is 15.0 Å². The van der Waals surface area contributed by atoms with Crippen molar-refractivity contribution in [3.63, 3.8) is 0 Å². The van der Waals surface area contributed by atoms with Crippen LogP contribution in [0.4, 0.5) is 30.7 Å². The van der Waals surface area contributed by atoms with Gasteiger partial charge in [0.25, 0.3) is 5.56 Å². The van der Waals surface area contributed by atoms with Gasteiger partial charge in [-0.3, -0.25) is 9.59 Å². The number of hydrogen-bond donors (Lipinski definition) is 2. The molecule has 1 aromatic heterocycles. The van der Waals surface area contributed by atoms with Gasteiger partial charge in [-0.2, -0.15) is 26.3 Å². The lowest BCUT2D eigenvalue weighted by molar-refractivity contribution is -0.138. The highest BCUT2D eigenvalue weighted by Crippen LogP contribution is 2.38. The summed E-state index contributed by atoms with van der Waals surface area (Å²) in [6.07, 6.45) is -9.03. The number of halogens is 7. The molecule has 2 N–H and O–H groups in total. The van der Waals surface area contributed by atoms with Crippen molar-refractivity contribution >= 4 is 5.91 Å². The zero-order chi connectivity index (χ0) is 28.5. The molecule has 0 saturated heterocycles. The molecule has 39 heavy (non-hydrogen) atoms. The monoisotopic (exact) mass is 557 g/mol. The first kappa shape index (κ1) is 28.3. The minimum atomic E-state index is -4.93. The number of alkyl halides is 6. The molecule has 1 saturated carbocycles. The second-order valence-electron chi connectivity index (χ2n) is 9.21. The van der Waals surface area contributed by atoms with E-state index in [1.807, 2.05) is 0 Å². The number of carbonyl (C=O) groups is 1. The highest BCUT2D eigenvalue weighted by atomic mass is 19.4. The lowest BCUT2D eigenvalue weighted by atomic mass is 9.81. The van der Waals surface area contributed by atoms with Gasteiger partial charge in [0.2, 0.25) is 5.91 Å². The molecule has 6 nitrogen and oxygen atoms in total. The Morgan fingerprint density at radius 3 is 2.31 bits per heavy atom. The maximum absolute atomic E-state index is 15.3. The minimum absolute atomic E-state index is 0.0613. The van der Waals surface area contributed by atoms with Gasteiger partial charge >= 0.3 is 12.4 Å². The maximum atomic E-state index is 15.3. The fourth-order valence-corrected chi connectivity index (χ4v) is 4.17. The molecule has 0 unspecified atom stereocenters. The van der Waals surface area contributed by atoms with Crippen LogP contribution in [0.1, 0.15) is 40.8 Å². The van der Waals surface area contributed by atoms with Crippen LogP contribution in [0, 0.1) is 18.7 Å². The zero-order valence-electron chi connectivity index (χ0n) is 20.3. The molecule has 1 aliphatic rings. The summed E-state index contributed by atoms with van der Waals surface area (Å²) in [5, 5.41) is 2.50. The quantitative estimate of drug-likeness (QED) is 0.374. The third kappa shape index (κ3) is 6.64. The average Bonchev–Trinajstić information content (AvgIpc) is 2.80. The first-order chi connectivity index (χ1) is 18.2. The molecule has 4 rings (SSSR count). The Balaban J connectivity index is 1.36. The van der Waals surface area contributed by atoms with Gasteiger partial charge in [-0.05, 0) is 43.5 Å². The molecule has 2 aromatic carbocycles. The Kier molecular flexibility index (Phi) is 7.82. The summed E-state index contributed by atoms with van der Waals surface area (Å²) in [4.78, 5) is 30.2. The molecular weight excluding hydrogens is 535 g/mol. The fraction of sp³-hybridized carbons (Fsp3) is 0.346. The number of nitrogens with one attached hydrogen (secondary N) is 2. The molecule has 0 bridgehead atoms. The summed E-state index contributed by atoms with van der Waals surface area (Å²) < 4.78 is 99.6. The van der Waals surface area contributed by atoms with Crippen LogP contribution in [0.15, 0.2) is 47.3 Å². The summed E-state index contributed by atoms with van der Waals surface area (Å²) >= 11 is 0. The normalized spacial score (nSPS) is 17.5. The van der Waals surface area contributed by atoms with Gasteiger partial charge in [-0.25, -0.2) is 9.37 Å². The van der Waals surface area contributed by atoms with E-state index < -0.39 is 64.6 Å². The Morgan fingerprint density at radius 2 is 1.72 bits per heavy atom. The van der Waals surface area contributed by atoms with Gasteiger partial charge in [-0.1, -0.05) is 18.2 Å². The molecule has 0 aliphatic heterocycles. The summed E-state index contributed by atoms with van der Waals surface area (Å²) in [7, 11) is 0. The van der Waals surface area contributed by atoms with Crippen LogP contribution >= 0.6 is 0 Å². The second-order valence-corrected chi connectivity index (χ2v) is 9.21. The topological polar surface area (TPSA) is 84.1 Å². The second kappa shape index (κ2) is 10.8. The number of aromatic nitrogens is 2. The molecule has 208 valence electrons. The van der Waals surface area contributed by atoms with Crippen molar-refractivity contribution in [2.24, 2.45) is 5.92 Å². The van der Waals surface area contributed by atoms with Crippen LogP contribution in [0.2, 0.25) is 0 Å². The highest BCUT2D eigenvalue weighted by Gasteiger charge is 2.38. The van der Waals surface area contributed by atoms with E-state index in [0.29, 0.717) is 24.5 Å². The summed E-state index contributed by atoms with van der Waals surface area (Å²) in [5.74, 6) is -2.78. The molecule has 1 aliphatic carbocycles. The summed E-state index contributed by atoms with van der Waals surface area (Å²) in [6.45, 7) is 1.04. The Hall–Kier alpha value is -3.74. The van der Waals surface area contributed by atoms with E-state index in [9.17, 15) is 35.9 Å². The predicted octanol–water partition coefficient (Wildman–Crippen LogP) is 5.53. The van der Waals surface area contributed by atoms with Crippen molar-refractivity contribution in [1.82, 2.24) is 15.3 Å². The number of aromatic amines is 1. The van der Waals surface area contributed by atoms with Gasteiger partial charge in [-0.15, -0.1) is 0 Å². The van der Waals surface area contributed by atoms with Crippen molar-refractivity contribution in [2.75, 3.05) is 0 Å². The van der Waals surface area contributed by atoms with Crippen LogP contribution in [0.5, 0.6) is 0 Å². The minimum Gasteiger partial charge on any atom is -0.373 e. The molecule has 0 radical (unpaired) electrons.